The summed E-state index contributed by atoms with van der Waals surface area (Å²) in [5.41, 5.74) is 0.721. The van der Waals surface area contributed by atoms with Crippen molar-refractivity contribution >= 4 is 11.8 Å². The molecule has 0 heterocycles. The lowest BCUT2D eigenvalue weighted by molar-refractivity contribution is -0.136. The first-order valence-corrected chi connectivity index (χ1v) is 8.56. The number of para-hydroxylation sites is 1. The predicted molar refractivity (Wildman–Crippen MR) is 96.1 cm³/mol. The van der Waals surface area contributed by atoms with Crippen LogP contribution in [0.2, 0.25) is 0 Å². The first kappa shape index (κ1) is 20.0. The molecule has 1 rings (SSSR count). The van der Waals surface area contributed by atoms with Gasteiger partial charge < -0.3 is 15.0 Å². The third-order valence-electron chi connectivity index (χ3n) is 3.46. The largest absolute Gasteiger partial charge is 0.494 e. The first-order valence-electron chi connectivity index (χ1n) is 8.56. The van der Waals surface area contributed by atoms with Gasteiger partial charge >= 0.3 is 0 Å². The van der Waals surface area contributed by atoms with E-state index in [2.05, 4.69) is 5.32 Å². The number of carbonyl (C=O) groups is 2. The summed E-state index contributed by atoms with van der Waals surface area (Å²) in [6, 6.07) is 7.75. The van der Waals surface area contributed by atoms with E-state index >= 15 is 0 Å². The molecule has 0 bridgehead atoms. The van der Waals surface area contributed by atoms with E-state index in [1.54, 1.807) is 4.90 Å². The molecule has 1 aromatic rings. The Morgan fingerprint density at radius 3 is 2.42 bits per heavy atom. The highest BCUT2D eigenvalue weighted by atomic mass is 16.5. The van der Waals surface area contributed by atoms with Gasteiger partial charge in [0.1, 0.15) is 5.75 Å². The van der Waals surface area contributed by atoms with Crippen molar-refractivity contribution in [2.24, 2.45) is 0 Å². The molecule has 0 saturated carbocycles. The van der Waals surface area contributed by atoms with Crippen molar-refractivity contribution in [2.75, 3.05) is 19.7 Å². The molecule has 134 valence electrons. The summed E-state index contributed by atoms with van der Waals surface area (Å²) < 4.78 is 5.59. The molecule has 0 aliphatic rings. The summed E-state index contributed by atoms with van der Waals surface area (Å²) in [5, 5.41) is 2.89. The Hall–Kier alpha value is -2.04. The van der Waals surface area contributed by atoms with Gasteiger partial charge in [0, 0.05) is 18.5 Å². The van der Waals surface area contributed by atoms with Crippen LogP contribution in [-0.4, -0.2) is 41.9 Å². The Kier molecular flexibility index (Phi) is 7.75. The summed E-state index contributed by atoms with van der Waals surface area (Å²) in [4.78, 5) is 26.0. The third kappa shape index (κ3) is 7.02. The smallest absolute Gasteiger partial charge is 0.240 e. The molecule has 1 aromatic carbocycles. The second-order valence-corrected chi connectivity index (χ2v) is 6.75. The van der Waals surface area contributed by atoms with Crippen LogP contribution >= 0.6 is 0 Å². The number of likely N-dealkylation sites (N-methyl/N-ethyl adjacent to an activating group) is 1. The van der Waals surface area contributed by atoms with Gasteiger partial charge in [-0.1, -0.05) is 18.2 Å². The predicted octanol–water partition coefficient (Wildman–Crippen LogP) is 2.78. The SMILES string of the molecule is CCOc1ccccc1CCC(=O)N(CC)CC(=O)NC(C)(C)C. The topological polar surface area (TPSA) is 58.6 Å². The van der Waals surface area contributed by atoms with Crippen LogP contribution in [-0.2, 0) is 16.0 Å². The van der Waals surface area contributed by atoms with E-state index in [-0.39, 0.29) is 23.9 Å². The lowest BCUT2D eigenvalue weighted by Gasteiger charge is -2.25. The molecular formula is C19H30N2O3. The van der Waals surface area contributed by atoms with Gasteiger partial charge in [-0.15, -0.1) is 0 Å². The number of ether oxygens (including phenoxy) is 1. The average Bonchev–Trinajstić information content (AvgIpc) is 2.50. The van der Waals surface area contributed by atoms with Crippen LogP contribution in [0.15, 0.2) is 24.3 Å². The van der Waals surface area contributed by atoms with E-state index in [1.807, 2.05) is 58.9 Å². The molecule has 24 heavy (non-hydrogen) atoms. The molecule has 0 aliphatic carbocycles. The molecule has 0 atom stereocenters. The van der Waals surface area contributed by atoms with Crippen molar-refractivity contribution in [1.82, 2.24) is 10.2 Å². The zero-order valence-corrected chi connectivity index (χ0v) is 15.5. The number of hydrogen-bond acceptors (Lipinski definition) is 3. The molecule has 5 nitrogen and oxygen atoms in total. The number of benzene rings is 1. The Morgan fingerprint density at radius 1 is 1.17 bits per heavy atom. The molecule has 0 unspecified atom stereocenters. The second kappa shape index (κ2) is 9.30. The van der Waals surface area contributed by atoms with E-state index in [4.69, 9.17) is 4.74 Å². The van der Waals surface area contributed by atoms with E-state index in [0.29, 0.717) is 26.0 Å². The standard InChI is InChI=1S/C19H30N2O3/c1-6-21(14-17(22)20-19(3,4)5)18(23)13-12-15-10-8-9-11-16(15)24-7-2/h8-11H,6-7,12-14H2,1-5H3,(H,20,22). The Bertz CT molecular complexity index is 550. The molecule has 0 spiro atoms. The second-order valence-electron chi connectivity index (χ2n) is 6.75. The highest BCUT2D eigenvalue weighted by molar-refractivity contribution is 5.85. The quantitative estimate of drug-likeness (QED) is 0.795. The average molecular weight is 334 g/mol. The van der Waals surface area contributed by atoms with Crippen molar-refractivity contribution in [3.8, 4) is 5.75 Å². The lowest BCUT2D eigenvalue weighted by Crippen LogP contribution is -2.47. The maximum atomic E-state index is 12.4. The van der Waals surface area contributed by atoms with Crippen molar-refractivity contribution in [1.29, 1.82) is 0 Å². The molecular weight excluding hydrogens is 304 g/mol. The minimum absolute atomic E-state index is 0.0205. The fourth-order valence-electron chi connectivity index (χ4n) is 2.41. The maximum absolute atomic E-state index is 12.4. The van der Waals surface area contributed by atoms with Crippen LogP contribution in [0.5, 0.6) is 5.75 Å². The number of aryl methyl sites for hydroxylation is 1. The van der Waals surface area contributed by atoms with E-state index in [9.17, 15) is 9.59 Å². The zero-order chi connectivity index (χ0) is 18.2. The van der Waals surface area contributed by atoms with Crippen LogP contribution in [0.25, 0.3) is 0 Å². The van der Waals surface area contributed by atoms with E-state index < -0.39 is 0 Å². The Balaban J connectivity index is 2.60. The van der Waals surface area contributed by atoms with E-state index in [0.717, 1.165) is 11.3 Å². The highest BCUT2D eigenvalue weighted by Crippen LogP contribution is 2.19. The molecule has 1 N–H and O–H groups in total. The zero-order valence-electron chi connectivity index (χ0n) is 15.5. The van der Waals surface area contributed by atoms with Crippen molar-refractivity contribution in [2.45, 2.75) is 53.0 Å². The summed E-state index contributed by atoms with van der Waals surface area (Å²) in [7, 11) is 0. The molecule has 2 amide bonds. The Morgan fingerprint density at radius 2 is 1.83 bits per heavy atom. The summed E-state index contributed by atoms with van der Waals surface area (Å²) in [6.07, 6.45) is 0.965. The molecule has 0 radical (unpaired) electrons. The minimum atomic E-state index is -0.296. The number of nitrogens with one attached hydrogen (secondary N) is 1. The first-order chi connectivity index (χ1) is 11.3. The van der Waals surface area contributed by atoms with Gasteiger partial charge in [0.2, 0.25) is 11.8 Å². The van der Waals surface area contributed by atoms with Gasteiger partial charge in [-0.2, -0.15) is 0 Å². The van der Waals surface area contributed by atoms with E-state index in [1.165, 1.54) is 0 Å². The third-order valence-corrected chi connectivity index (χ3v) is 3.46. The minimum Gasteiger partial charge on any atom is -0.494 e. The number of rotatable bonds is 8. The molecule has 5 heteroatoms. The monoisotopic (exact) mass is 334 g/mol. The van der Waals surface area contributed by atoms with Gasteiger partial charge in [0.05, 0.1) is 13.2 Å². The maximum Gasteiger partial charge on any atom is 0.240 e. The van der Waals surface area contributed by atoms with Crippen molar-refractivity contribution in [3.63, 3.8) is 0 Å². The summed E-state index contributed by atoms with van der Waals surface area (Å²) in [5.74, 6) is 0.668. The van der Waals surface area contributed by atoms with Crippen LogP contribution in [0, 0.1) is 0 Å². The van der Waals surface area contributed by atoms with Gasteiger partial charge in [0.15, 0.2) is 0 Å². The number of hydrogen-bond donors (Lipinski definition) is 1. The molecule has 0 aromatic heterocycles. The van der Waals surface area contributed by atoms with Crippen LogP contribution < -0.4 is 10.1 Å². The van der Waals surface area contributed by atoms with Gasteiger partial charge in [0.25, 0.3) is 0 Å². The number of amides is 2. The molecule has 0 fully saturated rings. The fraction of sp³-hybridized carbons (Fsp3) is 0.579. The van der Waals surface area contributed by atoms with Crippen molar-refractivity contribution in [3.05, 3.63) is 29.8 Å². The van der Waals surface area contributed by atoms with Crippen LogP contribution in [0.1, 0.15) is 46.6 Å². The fourth-order valence-corrected chi connectivity index (χ4v) is 2.41. The van der Waals surface area contributed by atoms with Crippen molar-refractivity contribution < 1.29 is 14.3 Å². The van der Waals surface area contributed by atoms with Gasteiger partial charge in [-0.05, 0) is 52.7 Å². The number of carbonyl (C=O) groups excluding carboxylic acids is 2. The van der Waals surface area contributed by atoms with Crippen LogP contribution in [0.4, 0.5) is 0 Å². The van der Waals surface area contributed by atoms with Gasteiger partial charge in [-0.25, -0.2) is 0 Å². The summed E-state index contributed by atoms with van der Waals surface area (Å²) >= 11 is 0. The molecule has 0 saturated heterocycles. The van der Waals surface area contributed by atoms with Gasteiger partial charge in [-0.3, -0.25) is 9.59 Å². The summed E-state index contributed by atoms with van der Waals surface area (Å²) in [6.45, 7) is 10.8. The number of nitrogens with zero attached hydrogens (tertiary/aromatic N) is 1. The lowest BCUT2D eigenvalue weighted by atomic mass is 10.1. The Labute approximate surface area is 145 Å². The van der Waals surface area contributed by atoms with Crippen LogP contribution in [0.3, 0.4) is 0 Å². The highest BCUT2D eigenvalue weighted by Gasteiger charge is 2.19. The normalized spacial score (nSPS) is 11.0. The molecule has 0 aliphatic heterocycles.